The molecule has 0 unspecified atom stereocenters. The van der Waals surface area contributed by atoms with Crippen molar-refractivity contribution >= 4 is 68.2 Å². The molecule has 1 saturated heterocycles. The quantitative estimate of drug-likeness (QED) is 0.333. The maximum Gasteiger partial charge on any atom is 0.303 e. The van der Waals surface area contributed by atoms with E-state index in [1.165, 1.54) is 24.6 Å². The largest absolute Gasteiger partial charge is 0.463 e. The molecule has 0 radical (unpaired) electrons. The number of fused-ring (bicyclic) bond motifs is 1. The van der Waals surface area contributed by atoms with Crippen molar-refractivity contribution in [1.82, 2.24) is 4.57 Å². The zero-order valence-corrected chi connectivity index (χ0v) is 23.4. The Hall–Kier alpha value is -3.16. The number of carbonyl (C=O) groups is 5. The summed E-state index contributed by atoms with van der Waals surface area (Å²) in [6.07, 6.45) is -5.42. The van der Waals surface area contributed by atoms with Gasteiger partial charge in [0.15, 0.2) is 12.2 Å². The minimum absolute atomic E-state index is 0.133. The third-order valence-corrected chi connectivity index (χ3v) is 6.54. The van der Waals surface area contributed by atoms with Gasteiger partial charge in [-0.2, -0.15) is 0 Å². The summed E-state index contributed by atoms with van der Waals surface area (Å²) in [5.41, 5.74) is 0.423. The third-order valence-electron chi connectivity index (χ3n) is 5.34. The van der Waals surface area contributed by atoms with Gasteiger partial charge in [0.2, 0.25) is 18.3 Å². The summed E-state index contributed by atoms with van der Waals surface area (Å²) in [7, 11) is 0. The van der Waals surface area contributed by atoms with Crippen LogP contribution in [0.4, 0.5) is 0 Å². The van der Waals surface area contributed by atoms with Crippen molar-refractivity contribution in [2.75, 3.05) is 6.61 Å². The smallest absolute Gasteiger partial charge is 0.303 e. The highest BCUT2D eigenvalue weighted by Crippen LogP contribution is 2.38. The third kappa shape index (κ3) is 6.83. The van der Waals surface area contributed by atoms with Gasteiger partial charge >= 0.3 is 23.9 Å². The van der Waals surface area contributed by atoms with Crippen molar-refractivity contribution in [3.8, 4) is 5.75 Å². The SMILES string of the molecule is CC(=O)OC[C@H]1O[C@@H](Oc2cn(C(C)=O)c3cc(Cl)c(Br)cc23)[C@H](OC(C)=O)[C@@H](OC(C)=O)[C@H]1OC(C)=O. The Kier molecular flexibility index (Phi) is 9.39. The van der Waals surface area contributed by atoms with Gasteiger partial charge in [-0.3, -0.25) is 28.5 Å². The summed E-state index contributed by atoms with van der Waals surface area (Å²) < 4.78 is 35.1. The first-order valence-electron chi connectivity index (χ1n) is 11.3. The van der Waals surface area contributed by atoms with Gasteiger partial charge in [0.25, 0.3) is 0 Å². The summed E-state index contributed by atoms with van der Waals surface area (Å²) in [6, 6.07) is 3.18. The van der Waals surface area contributed by atoms with E-state index in [9.17, 15) is 24.0 Å². The minimum atomic E-state index is -1.46. The lowest BCUT2D eigenvalue weighted by atomic mass is 9.98. The van der Waals surface area contributed by atoms with Crippen molar-refractivity contribution in [2.24, 2.45) is 0 Å². The molecule has 3 rings (SSSR count). The van der Waals surface area contributed by atoms with E-state index in [-0.39, 0.29) is 11.7 Å². The number of benzene rings is 1. The van der Waals surface area contributed by atoms with Crippen LogP contribution in [-0.2, 0) is 42.9 Å². The van der Waals surface area contributed by atoms with Gasteiger partial charge in [0, 0.05) is 44.5 Å². The molecule has 2 aromatic rings. The number of hydrogen-bond acceptors (Lipinski definition) is 11. The number of rotatable bonds is 7. The summed E-state index contributed by atoms with van der Waals surface area (Å²) >= 11 is 9.57. The maximum atomic E-state index is 12.3. The summed E-state index contributed by atoms with van der Waals surface area (Å²) in [6.45, 7) is 5.46. The van der Waals surface area contributed by atoms with Crippen molar-refractivity contribution in [1.29, 1.82) is 0 Å². The van der Waals surface area contributed by atoms with Crippen LogP contribution in [0.5, 0.6) is 5.75 Å². The number of aromatic nitrogens is 1. The second kappa shape index (κ2) is 12.1. The first-order valence-corrected chi connectivity index (χ1v) is 12.4. The molecule has 1 fully saturated rings. The Morgan fingerprint density at radius 3 is 2.03 bits per heavy atom. The van der Waals surface area contributed by atoms with Crippen LogP contribution in [0.25, 0.3) is 10.9 Å². The van der Waals surface area contributed by atoms with Crippen LogP contribution in [0, 0.1) is 0 Å². The van der Waals surface area contributed by atoms with Crippen LogP contribution in [0.2, 0.25) is 5.02 Å². The Balaban J connectivity index is 2.12. The van der Waals surface area contributed by atoms with Crippen LogP contribution in [0.3, 0.4) is 0 Å². The first kappa shape index (κ1) is 29.4. The van der Waals surface area contributed by atoms with E-state index in [0.717, 1.165) is 20.8 Å². The zero-order valence-electron chi connectivity index (χ0n) is 21.0. The molecule has 0 amide bonds. The molecule has 12 nitrogen and oxygen atoms in total. The predicted molar refractivity (Wildman–Crippen MR) is 134 cm³/mol. The van der Waals surface area contributed by atoms with E-state index < -0.39 is 61.2 Å². The average molecular weight is 619 g/mol. The fourth-order valence-electron chi connectivity index (χ4n) is 3.95. The second-order valence-electron chi connectivity index (χ2n) is 8.35. The van der Waals surface area contributed by atoms with E-state index in [1.807, 2.05) is 0 Å². The van der Waals surface area contributed by atoms with Gasteiger partial charge in [-0.25, -0.2) is 0 Å². The zero-order chi connectivity index (χ0) is 28.3. The maximum absolute atomic E-state index is 12.3. The molecule has 0 N–H and O–H groups in total. The second-order valence-corrected chi connectivity index (χ2v) is 9.61. The topological polar surface area (TPSA) is 146 Å². The highest BCUT2D eigenvalue weighted by atomic mass is 79.9. The van der Waals surface area contributed by atoms with E-state index in [0.29, 0.717) is 20.4 Å². The first-order chi connectivity index (χ1) is 17.8. The fraction of sp³-hybridized carbons (Fsp3) is 0.458. The van der Waals surface area contributed by atoms with Crippen LogP contribution in [-0.4, -0.2) is 71.7 Å². The van der Waals surface area contributed by atoms with Crippen molar-refractivity contribution in [3.05, 3.63) is 27.8 Å². The lowest BCUT2D eigenvalue weighted by Crippen LogP contribution is -2.63. The standard InChI is InChI=1S/C24H25BrClNO11/c1-10(28)27-8-19(15-6-16(25)17(26)7-18(15)27)37-24-23(36-14(5)32)22(35-13(4)31)21(34-12(3)30)20(38-24)9-33-11(2)29/h6-8,20-24H,9H2,1-5H3/t20-,21+,22+,23-,24-/m1/s1. The lowest BCUT2D eigenvalue weighted by molar-refractivity contribution is -0.288. The lowest BCUT2D eigenvalue weighted by Gasteiger charge is -2.43. The van der Waals surface area contributed by atoms with Gasteiger partial charge in [-0.05, 0) is 28.1 Å². The van der Waals surface area contributed by atoms with Crippen LogP contribution in [0.15, 0.2) is 22.8 Å². The van der Waals surface area contributed by atoms with Gasteiger partial charge in [0.05, 0.1) is 16.7 Å². The molecule has 1 aliphatic rings. The number of nitrogens with zero attached hydrogens (tertiary/aromatic N) is 1. The number of esters is 4. The van der Waals surface area contributed by atoms with E-state index in [4.69, 9.17) is 40.0 Å². The Bertz CT molecular complexity index is 1280. The predicted octanol–water partition coefficient (Wildman–Crippen LogP) is 3.18. The van der Waals surface area contributed by atoms with Gasteiger partial charge < -0.3 is 28.4 Å². The molecule has 0 aliphatic carbocycles. The van der Waals surface area contributed by atoms with E-state index in [1.54, 1.807) is 12.1 Å². The van der Waals surface area contributed by atoms with Crippen molar-refractivity contribution < 1.29 is 52.4 Å². The van der Waals surface area contributed by atoms with E-state index >= 15 is 0 Å². The number of ether oxygens (including phenoxy) is 6. The molecular weight excluding hydrogens is 594 g/mol. The summed E-state index contributed by atoms with van der Waals surface area (Å²) in [5, 5.41) is 0.793. The molecular formula is C24H25BrClNO11. The molecule has 0 spiro atoms. The van der Waals surface area contributed by atoms with Crippen LogP contribution in [0.1, 0.15) is 39.4 Å². The molecule has 38 heavy (non-hydrogen) atoms. The fourth-order valence-corrected chi connectivity index (χ4v) is 4.45. The Morgan fingerprint density at radius 2 is 1.47 bits per heavy atom. The molecule has 1 aliphatic heterocycles. The van der Waals surface area contributed by atoms with Gasteiger partial charge in [-0.15, -0.1) is 0 Å². The normalized spacial score (nSPS) is 22.9. The Morgan fingerprint density at radius 1 is 0.895 bits per heavy atom. The highest BCUT2D eigenvalue weighted by Gasteiger charge is 2.53. The highest BCUT2D eigenvalue weighted by molar-refractivity contribution is 9.10. The summed E-state index contributed by atoms with van der Waals surface area (Å²) in [4.78, 5) is 59.7. The summed E-state index contributed by atoms with van der Waals surface area (Å²) in [5.74, 6) is -3.16. The monoisotopic (exact) mass is 617 g/mol. The van der Waals surface area contributed by atoms with E-state index in [2.05, 4.69) is 15.9 Å². The van der Waals surface area contributed by atoms with Crippen molar-refractivity contribution in [2.45, 2.75) is 65.3 Å². The molecule has 0 bridgehead atoms. The number of carbonyl (C=O) groups excluding carboxylic acids is 5. The van der Waals surface area contributed by atoms with Crippen LogP contribution < -0.4 is 4.74 Å². The van der Waals surface area contributed by atoms with Crippen molar-refractivity contribution in [3.63, 3.8) is 0 Å². The number of hydrogen-bond donors (Lipinski definition) is 0. The molecule has 0 saturated carbocycles. The Labute approximate surface area is 230 Å². The minimum Gasteiger partial charge on any atom is -0.463 e. The number of halogens is 2. The van der Waals surface area contributed by atoms with Gasteiger partial charge in [0.1, 0.15) is 18.5 Å². The molecule has 206 valence electrons. The molecule has 2 heterocycles. The average Bonchev–Trinajstić information content (AvgIpc) is 3.13. The molecule has 14 heteroatoms. The van der Waals surface area contributed by atoms with Gasteiger partial charge in [-0.1, -0.05) is 11.6 Å². The molecule has 1 aromatic carbocycles. The molecule has 1 aromatic heterocycles. The molecule has 5 atom stereocenters. The van der Waals surface area contributed by atoms with Crippen LogP contribution >= 0.6 is 27.5 Å².